The van der Waals surface area contributed by atoms with Crippen molar-refractivity contribution in [2.45, 2.75) is 25.8 Å². The van der Waals surface area contributed by atoms with Gasteiger partial charge in [0.25, 0.3) is 0 Å². The van der Waals surface area contributed by atoms with Gasteiger partial charge >= 0.3 is 0 Å². The number of halogens is 2. The summed E-state index contributed by atoms with van der Waals surface area (Å²) in [7, 11) is 0. The van der Waals surface area contributed by atoms with Crippen molar-refractivity contribution in [1.29, 1.82) is 0 Å². The molecule has 0 spiro atoms. The van der Waals surface area contributed by atoms with E-state index in [2.05, 4.69) is 27.1 Å². The second-order valence-electron chi connectivity index (χ2n) is 5.22. The molecule has 1 aliphatic heterocycles. The summed E-state index contributed by atoms with van der Waals surface area (Å²) in [6, 6.07) is 4.03. The predicted octanol–water partition coefficient (Wildman–Crippen LogP) is 2.12. The molecule has 0 aromatic carbocycles. The largest absolute Gasteiger partial charge is 0.475 e. The molecular formula is C15H25ClIN5O. The number of ether oxygens (including phenoxy) is 1. The number of likely N-dealkylation sites (N-methyl/N-ethyl adjacent to an activating group) is 1. The summed E-state index contributed by atoms with van der Waals surface area (Å²) in [5, 5.41) is 3.55. The molecule has 2 rings (SSSR count). The highest BCUT2D eigenvalue weighted by Crippen LogP contribution is 2.19. The van der Waals surface area contributed by atoms with Gasteiger partial charge in [0.1, 0.15) is 11.6 Å². The van der Waals surface area contributed by atoms with Crippen LogP contribution in [0.4, 0.5) is 0 Å². The SMILES string of the molecule is CCN1CCCC1CN=C(N)NCCOc1ncccc1Cl.I. The molecule has 130 valence electrons. The number of rotatable bonds is 7. The minimum absolute atomic E-state index is 0. The lowest BCUT2D eigenvalue weighted by Crippen LogP contribution is -2.37. The molecule has 2 heterocycles. The molecule has 0 amide bonds. The van der Waals surface area contributed by atoms with Crippen molar-refractivity contribution in [3.63, 3.8) is 0 Å². The summed E-state index contributed by atoms with van der Waals surface area (Å²) in [6.45, 7) is 6.17. The van der Waals surface area contributed by atoms with E-state index in [1.807, 2.05) is 0 Å². The number of pyridine rings is 1. The Kier molecular flexibility index (Phi) is 9.57. The zero-order valence-corrected chi connectivity index (χ0v) is 16.5. The Balaban J connectivity index is 0.00000264. The second-order valence-corrected chi connectivity index (χ2v) is 5.62. The first-order valence-corrected chi connectivity index (χ1v) is 8.09. The maximum atomic E-state index is 5.95. The van der Waals surface area contributed by atoms with Crippen molar-refractivity contribution in [3.05, 3.63) is 23.4 Å². The molecule has 1 fully saturated rings. The van der Waals surface area contributed by atoms with Gasteiger partial charge in [-0.15, -0.1) is 24.0 Å². The molecule has 0 aliphatic carbocycles. The van der Waals surface area contributed by atoms with Crippen LogP contribution in [0.25, 0.3) is 0 Å². The Hall–Kier alpha value is -0.800. The van der Waals surface area contributed by atoms with Crippen molar-refractivity contribution in [2.75, 3.05) is 32.8 Å². The first-order valence-electron chi connectivity index (χ1n) is 7.72. The normalized spacial score (nSPS) is 18.5. The highest BCUT2D eigenvalue weighted by molar-refractivity contribution is 14.0. The van der Waals surface area contributed by atoms with Gasteiger partial charge in [-0.25, -0.2) is 4.98 Å². The summed E-state index contributed by atoms with van der Waals surface area (Å²) < 4.78 is 5.48. The highest BCUT2D eigenvalue weighted by atomic mass is 127. The Morgan fingerprint density at radius 1 is 1.61 bits per heavy atom. The van der Waals surface area contributed by atoms with Gasteiger partial charge in [0.05, 0.1) is 13.1 Å². The van der Waals surface area contributed by atoms with Crippen LogP contribution in [0.1, 0.15) is 19.8 Å². The molecule has 6 nitrogen and oxygen atoms in total. The van der Waals surface area contributed by atoms with Crippen LogP contribution in [-0.2, 0) is 0 Å². The second kappa shape index (κ2) is 10.9. The molecule has 0 radical (unpaired) electrons. The van der Waals surface area contributed by atoms with E-state index in [1.165, 1.54) is 19.4 Å². The third-order valence-corrected chi connectivity index (χ3v) is 4.04. The van der Waals surface area contributed by atoms with Gasteiger partial charge < -0.3 is 15.8 Å². The van der Waals surface area contributed by atoms with E-state index in [0.717, 1.165) is 13.1 Å². The average molecular weight is 454 g/mol. The topological polar surface area (TPSA) is 75.8 Å². The molecule has 1 saturated heterocycles. The van der Waals surface area contributed by atoms with Crippen LogP contribution in [-0.4, -0.2) is 54.7 Å². The molecule has 1 aliphatic rings. The van der Waals surface area contributed by atoms with E-state index in [4.69, 9.17) is 22.1 Å². The number of guanidine groups is 1. The van der Waals surface area contributed by atoms with Gasteiger partial charge in [-0.1, -0.05) is 18.5 Å². The highest BCUT2D eigenvalue weighted by Gasteiger charge is 2.22. The number of aliphatic imine (C=N–C) groups is 1. The quantitative estimate of drug-likeness (QED) is 0.286. The van der Waals surface area contributed by atoms with Crippen molar-refractivity contribution in [2.24, 2.45) is 10.7 Å². The molecular weight excluding hydrogens is 429 g/mol. The number of aromatic nitrogens is 1. The number of hydrogen-bond acceptors (Lipinski definition) is 4. The molecule has 23 heavy (non-hydrogen) atoms. The molecule has 1 aromatic heterocycles. The first kappa shape index (κ1) is 20.2. The fourth-order valence-corrected chi connectivity index (χ4v) is 2.76. The van der Waals surface area contributed by atoms with Gasteiger partial charge in [-0.2, -0.15) is 0 Å². The Labute approximate surface area is 159 Å². The number of likely N-dealkylation sites (tertiary alicyclic amines) is 1. The Morgan fingerprint density at radius 2 is 2.43 bits per heavy atom. The van der Waals surface area contributed by atoms with Gasteiger partial charge in [-0.3, -0.25) is 9.89 Å². The predicted molar refractivity (Wildman–Crippen MR) is 105 cm³/mol. The van der Waals surface area contributed by atoms with Crippen LogP contribution < -0.4 is 15.8 Å². The van der Waals surface area contributed by atoms with Crippen LogP contribution in [0.5, 0.6) is 5.88 Å². The third kappa shape index (κ3) is 6.68. The van der Waals surface area contributed by atoms with E-state index in [-0.39, 0.29) is 24.0 Å². The minimum Gasteiger partial charge on any atom is -0.475 e. The summed E-state index contributed by atoms with van der Waals surface area (Å²) in [6.07, 6.45) is 4.09. The molecule has 3 N–H and O–H groups in total. The molecule has 1 atom stereocenters. The molecule has 1 unspecified atom stereocenters. The van der Waals surface area contributed by atoms with Crippen LogP contribution in [0, 0.1) is 0 Å². The molecule has 0 bridgehead atoms. The Morgan fingerprint density at radius 3 is 3.17 bits per heavy atom. The lowest BCUT2D eigenvalue weighted by molar-refractivity contribution is 0.273. The summed E-state index contributed by atoms with van der Waals surface area (Å²) in [5.41, 5.74) is 5.87. The fraction of sp³-hybridized carbons (Fsp3) is 0.600. The molecule has 0 saturated carbocycles. The maximum absolute atomic E-state index is 5.95. The van der Waals surface area contributed by atoms with Crippen LogP contribution in [0.3, 0.4) is 0 Å². The van der Waals surface area contributed by atoms with Crippen LogP contribution in [0.15, 0.2) is 23.3 Å². The standard InChI is InChI=1S/C15H24ClN5O.HI/c1-2-21-9-4-5-12(21)11-20-15(17)19-8-10-22-14-13(16)6-3-7-18-14;/h3,6-7,12H,2,4-5,8-11H2,1H3,(H3,17,19,20);1H. The third-order valence-electron chi connectivity index (χ3n) is 3.75. The van der Waals surface area contributed by atoms with Crippen molar-refractivity contribution < 1.29 is 4.74 Å². The number of hydrogen-bond donors (Lipinski definition) is 2. The summed E-state index contributed by atoms with van der Waals surface area (Å²) in [5.74, 6) is 0.893. The summed E-state index contributed by atoms with van der Waals surface area (Å²) >= 11 is 5.95. The van der Waals surface area contributed by atoms with E-state index in [9.17, 15) is 0 Å². The van der Waals surface area contributed by atoms with Gasteiger partial charge in [0.2, 0.25) is 5.88 Å². The van der Waals surface area contributed by atoms with E-state index in [1.54, 1.807) is 18.3 Å². The summed E-state index contributed by atoms with van der Waals surface area (Å²) in [4.78, 5) is 10.9. The van der Waals surface area contributed by atoms with E-state index >= 15 is 0 Å². The van der Waals surface area contributed by atoms with Crippen molar-refractivity contribution in [1.82, 2.24) is 15.2 Å². The lowest BCUT2D eigenvalue weighted by Gasteiger charge is -2.20. The smallest absolute Gasteiger partial charge is 0.232 e. The van der Waals surface area contributed by atoms with E-state index in [0.29, 0.717) is 36.1 Å². The zero-order valence-electron chi connectivity index (χ0n) is 13.4. The fourth-order valence-electron chi connectivity index (χ4n) is 2.58. The maximum Gasteiger partial charge on any atom is 0.232 e. The van der Waals surface area contributed by atoms with Crippen LogP contribution >= 0.6 is 35.6 Å². The zero-order chi connectivity index (χ0) is 15.8. The number of nitrogens with one attached hydrogen (secondary N) is 1. The Bertz CT molecular complexity index is 503. The van der Waals surface area contributed by atoms with Crippen LogP contribution in [0.2, 0.25) is 5.02 Å². The number of nitrogens with zero attached hydrogens (tertiary/aromatic N) is 3. The van der Waals surface area contributed by atoms with E-state index < -0.39 is 0 Å². The monoisotopic (exact) mass is 453 g/mol. The molecule has 1 aromatic rings. The van der Waals surface area contributed by atoms with Gasteiger partial charge in [0.15, 0.2) is 5.96 Å². The average Bonchev–Trinajstić information content (AvgIpc) is 2.98. The lowest BCUT2D eigenvalue weighted by atomic mass is 10.2. The first-order chi connectivity index (χ1) is 10.7. The van der Waals surface area contributed by atoms with Crippen molar-refractivity contribution >= 4 is 41.5 Å². The number of nitrogens with two attached hydrogens (primary N) is 1. The van der Waals surface area contributed by atoms with Crippen molar-refractivity contribution in [3.8, 4) is 5.88 Å². The van der Waals surface area contributed by atoms with Gasteiger partial charge in [-0.05, 0) is 38.1 Å². The van der Waals surface area contributed by atoms with Gasteiger partial charge in [0, 0.05) is 12.2 Å². The minimum atomic E-state index is 0. The molecule has 8 heteroatoms.